The van der Waals surface area contributed by atoms with E-state index in [4.69, 9.17) is 9.47 Å². The van der Waals surface area contributed by atoms with Crippen LogP contribution in [0.25, 0.3) is 0 Å². The van der Waals surface area contributed by atoms with Crippen LogP contribution in [0.3, 0.4) is 0 Å². The average molecular weight is 293 g/mol. The minimum atomic E-state index is -0.170. The van der Waals surface area contributed by atoms with Crippen molar-refractivity contribution in [2.24, 2.45) is 0 Å². The molecule has 0 radical (unpaired) electrons. The molecule has 0 spiro atoms. The van der Waals surface area contributed by atoms with Crippen molar-refractivity contribution >= 4 is 0 Å². The van der Waals surface area contributed by atoms with Crippen LogP contribution in [0.1, 0.15) is 46.2 Å². The van der Waals surface area contributed by atoms with Crippen LogP contribution >= 0.6 is 0 Å². The van der Waals surface area contributed by atoms with E-state index in [0.717, 1.165) is 18.7 Å². The summed E-state index contributed by atoms with van der Waals surface area (Å²) in [5.41, 5.74) is 0.798. The largest absolute Gasteiger partial charge is 0.504 e. The lowest BCUT2D eigenvalue weighted by molar-refractivity contribution is -0.187. The van der Waals surface area contributed by atoms with E-state index in [1.807, 2.05) is 12.1 Å². The molecule has 1 heterocycles. The van der Waals surface area contributed by atoms with E-state index < -0.39 is 0 Å². The Bertz CT molecular complexity index is 495. The minimum Gasteiger partial charge on any atom is -0.504 e. The van der Waals surface area contributed by atoms with Crippen molar-refractivity contribution in [3.05, 3.63) is 23.8 Å². The lowest BCUT2D eigenvalue weighted by Gasteiger charge is -2.49. The van der Waals surface area contributed by atoms with Crippen molar-refractivity contribution < 1.29 is 14.6 Å². The molecule has 0 bridgehead atoms. The summed E-state index contributed by atoms with van der Waals surface area (Å²) in [5.74, 6) is 0.696. The van der Waals surface area contributed by atoms with Gasteiger partial charge >= 0.3 is 0 Å². The molecule has 4 heteroatoms. The first-order valence-corrected chi connectivity index (χ1v) is 7.45. The van der Waals surface area contributed by atoms with Crippen LogP contribution in [0.2, 0.25) is 0 Å². The Morgan fingerprint density at radius 2 is 1.76 bits per heavy atom. The number of morpholine rings is 1. The number of phenols is 1. The summed E-state index contributed by atoms with van der Waals surface area (Å²) in [5, 5.41) is 9.73. The fraction of sp³-hybridized carbons (Fsp3) is 0.647. The number of ether oxygens (including phenoxy) is 2. The van der Waals surface area contributed by atoms with Crippen LogP contribution in [-0.2, 0) is 4.74 Å². The van der Waals surface area contributed by atoms with Gasteiger partial charge in [0.25, 0.3) is 0 Å². The van der Waals surface area contributed by atoms with Crippen molar-refractivity contribution in [1.82, 2.24) is 4.90 Å². The summed E-state index contributed by atoms with van der Waals surface area (Å²) < 4.78 is 11.3. The van der Waals surface area contributed by atoms with E-state index in [2.05, 4.69) is 39.5 Å². The van der Waals surface area contributed by atoms with Gasteiger partial charge in [0.15, 0.2) is 11.5 Å². The van der Waals surface area contributed by atoms with Crippen LogP contribution in [0.5, 0.6) is 11.5 Å². The Balaban J connectivity index is 2.24. The molecule has 118 valence electrons. The summed E-state index contributed by atoms with van der Waals surface area (Å²) in [7, 11) is 1.57. The standard InChI is InChI=1S/C17H27NO3/c1-12(13-7-8-14(19)15(9-13)20-6)18-10-16(2,3)21-17(4,5)11-18/h7-9,12,19H,10-11H2,1-6H3. The van der Waals surface area contributed by atoms with Crippen molar-refractivity contribution in [3.8, 4) is 11.5 Å². The molecule has 1 aliphatic heterocycles. The van der Waals surface area contributed by atoms with Crippen LogP contribution in [0, 0.1) is 0 Å². The quantitative estimate of drug-likeness (QED) is 0.928. The molecule has 1 fully saturated rings. The van der Waals surface area contributed by atoms with E-state index in [9.17, 15) is 5.11 Å². The average Bonchev–Trinajstić information content (AvgIpc) is 2.35. The summed E-state index contributed by atoms with van der Waals surface area (Å²) in [6.07, 6.45) is 0. The molecule has 0 aliphatic carbocycles. The third-order valence-corrected chi connectivity index (χ3v) is 3.95. The number of rotatable bonds is 3. The minimum absolute atomic E-state index is 0.170. The molecule has 4 nitrogen and oxygen atoms in total. The highest BCUT2D eigenvalue weighted by atomic mass is 16.5. The maximum absolute atomic E-state index is 9.73. The van der Waals surface area contributed by atoms with Gasteiger partial charge in [0.2, 0.25) is 0 Å². The molecule has 1 aromatic carbocycles. The third kappa shape index (κ3) is 3.69. The zero-order valence-corrected chi connectivity index (χ0v) is 13.9. The van der Waals surface area contributed by atoms with Gasteiger partial charge < -0.3 is 14.6 Å². The second-order valence-corrected chi connectivity index (χ2v) is 7.13. The van der Waals surface area contributed by atoms with E-state index in [-0.39, 0.29) is 23.0 Å². The molecule has 0 aromatic heterocycles. The zero-order valence-electron chi connectivity index (χ0n) is 13.9. The number of methoxy groups -OCH3 is 1. The maximum atomic E-state index is 9.73. The van der Waals surface area contributed by atoms with Crippen LogP contribution < -0.4 is 4.74 Å². The highest BCUT2D eigenvalue weighted by molar-refractivity contribution is 5.42. The Morgan fingerprint density at radius 1 is 1.19 bits per heavy atom. The zero-order chi connectivity index (χ0) is 15.8. The van der Waals surface area contributed by atoms with Gasteiger partial charge in [-0.3, -0.25) is 4.90 Å². The van der Waals surface area contributed by atoms with Crippen molar-refractivity contribution in [1.29, 1.82) is 0 Å². The van der Waals surface area contributed by atoms with Gasteiger partial charge in [0.1, 0.15) is 0 Å². The van der Waals surface area contributed by atoms with Crippen LogP contribution in [0.4, 0.5) is 0 Å². The second-order valence-electron chi connectivity index (χ2n) is 7.13. The number of aromatic hydroxyl groups is 1. The van der Waals surface area contributed by atoms with Crippen molar-refractivity contribution in [2.45, 2.75) is 51.9 Å². The Hall–Kier alpha value is -1.26. The molecular weight excluding hydrogens is 266 g/mol. The Kier molecular flexibility index (Phi) is 4.22. The van der Waals surface area contributed by atoms with Crippen LogP contribution in [0.15, 0.2) is 18.2 Å². The number of nitrogens with zero attached hydrogens (tertiary/aromatic N) is 1. The first-order chi connectivity index (χ1) is 9.63. The predicted octanol–water partition coefficient (Wildman–Crippen LogP) is 3.35. The SMILES string of the molecule is COc1cc(C(C)N2CC(C)(C)OC(C)(C)C2)ccc1O. The molecule has 1 aromatic rings. The number of benzene rings is 1. The molecule has 1 unspecified atom stereocenters. The third-order valence-electron chi connectivity index (χ3n) is 3.95. The van der Waals surface area contributed by atoms with Gasteiger partial charge in [-0.2, -0.15) is 0 Å². The fourth-order valence-corrected chi connectivity index (χ4v) is 3.29. The normalized spacial score (nSPS) is 22.8. The molecule has 1 N–H and O–H groups in total. The maximum Gasteiger partial charge on any atom is 0.160 e. The van der Waals surface area contributed by atoms with Crippen LogP contribution in [-0.4, -0.2) is 41.4 Å². The van der Waals surface area contributed by atoms with Gasteiger partial charge in [0.05, 0.1) is 18.3 Å². The number of hydrogen-bond donors (Lipinski definition) is 1. The molecule has 21 heavy (non-hydrogen) atoms. The Morgan fingerprint density at radius 3 is 2.29 bits per heavy atom. The second kappa shape index (κ2) is 5.50. The molecule has 1 aliphatic rings. The van der Waals surface area contributed by atoms with Gasteiger partial charge in [-0.25, -0.2) is 0 Å². The lowest BCUT2D eigenvalue weighted by atomic mass is 9.95. The predicted molar refractivity (Wildman–Crippen MR) is 83.9 cm³/mol. The summed E-state index contributed by atoms with van der Waals surface area (Å²) in [4.78, 5) is 2.43. The first kappa shape index (κ1) is 16.1. The summed E-state index contributed by atoms with van der Waals surface area (Å²) >= 11 is 0. The molecule has 2 rings (SSSR count). The summed E-state index contributed by atoms with van der Waals surface area (Å²) in [6, 6.07) is 5.80. The van der Waals surface area contributed by atoms with E-state index in [0.29, 0.717) is 5.75 Å². The molecule has 1 saturated heterocycles. The molecule has 1 atom stereocenters. The van der Waals surface area contributed by atoms with Gasteiger partial charge in [-0.1, -0.05) is 6.07 Å². The monoisotopic (exact) mass is 293 g/mol. The fourth-order valence-electron chi connectivity index (χ4n) is 3.29. The smallest absolute Gasteiger partial charge is 0.160 e. The van der Waals surface area contributed by atoms with E-state index in [1.54, 1.807) is 13.2 Å². The van der Waals surface area contributed by atoms with Gasteiger partial charge in [-0.05, 0) is 52.3 Å². The van der Waals surface area contributed by atoms with E-state index in [1.165, 1.54) is 0 Å². The molecule has 0 saturated carbocycles. The molecule has 0 amide bonds. The highest BCUT2D eigenvalue weighted by Gasteiger charge is 2.39. The van der Waals surface area contributed by atoms with Gasteiger partial charge in [-0.15, -0.1) is 0 Å². The van der Waals surface area contributed by atoms with Crippen molar-refractivity contribution in [2.75, 3.05) is 20.2 Å². The van der Waals surface area contributed by atoms with E-state index >= 15 is 0 Å². The number of phenolic OH excluding ortho intramolecular Hbond substituents is 1. The summed E-state index contributed by atoms with van der Waals surface area (Å²) in [6.45, 7) is 12.5. The number of hydrogen-bond acceptors (Lipinski definition) is 4. The Labute approximate surface area is 127 Å². The topological polar surface area (TPSA) is 41.9 Å². The highest BCUT2D eigenvalue weighted by Crippen LogP contribution is 2.35. The lowest BCUT2D eigenvalue weighted by Crippen LogP contribution is -2.57. The first-order valence-electron chi connectivity index (χ1n) is 7.45. The van der Waals surface area contributed by atoms with Crippen molar-refractivity contribution in [3.63, 3.8) is 0 Å². The molecular formula is C17H27NO3. The van der Waals surface area contributed by atoms with Gasteiger partial charge in [0, 0.05) is 19.1 Å².